The summed E-state index contributed by atoms with van der Waals surface area (Å²) in [4.78, 5) is 10.9. The van der Waals surface area contributed by atoms with Crippen LogP contribution in [0.4, 0.5) is 5.69 Å². The molecule has 0 bridgehead atoms. The predicted molar refractivity (Wildman–Crippen MR) is 72.5 cm³/mol. The number of benzene rings is 1. The molecule has 19 heavy (non-hydrogen) atoms. The SMILES string of the molecule is C=C1CCC(C2Nc3ccc(C(=O)O)cc3O2)CC1. The van der Waals surface area contributed by atoms with Crippen LogP contribution in [-0.4, -0.2) is 17.3 Å². The number of carboxylic acids is 1. The smallest absolute Gasteiger partial charge is 0.335 e. The fourth-order valence-electron chi connectivity index (χ4n) is 2.76. The molecule has 1 fully saturated rings. The Morgan fingerprint density at radius 3 is 2.79 bits per heavy atom. The fourth-order valence-corrected chi connectivity index (χ4v) is 2.76. The molecular weight excluding hydrogens is 242 g/mol. The van der Waals surface area contributed by atoms with Gasteiger partial charge in [-0.1, -0.05) is 12.2 Å². The van der Waals surface area contributed by atoms with Gasteiger partial charge in [0, 0.05) is 5.92 Å². The van der Waals surface area contributed by atoms with Gasteiger partial charge in [-0.05, 0) is 43.9 Å². The summed E-state index contributed by atoms with van der Waals surface area (Å²) in [5, 5.41) is 12.3. The van der Waals surface area contributed by atoms with E-state index in [0.717, 1.165) is 31.4 Å². The van der Waals surface area contributed by atoms with Gasteiger partial charge in [0.2, 0.25) is 0 Å². The van der Waals surface area contributed by atoms with Crippen molar-refractivity contribution in [1.29, 1.82) is 0 Å². The van der Waals surface area contributed by atoms with Gasteiger partial charge in [0.25, 0.3) is 0 Å². The maximum Gasteiger partial charge on any atom is 0.335 e. The van der Waals surface area contributed by atoms with Crippen LogP contribution in [0.25, 0.3) is 0 Å². The van der Waals surface area contributed by atoms with Gasteiger partial charge in [-0.25, -0.2) is 4.79 Å². The molecule has 2 aliphatic rings. The topological polar surface area (TPSA) is 58.6 Å². The molecule has 1 aliphatic heterocycles. The normalized spacial score (nSPS) is 22.5. The summed E-state index contributed by atoms with van der Waals surface area (Å²) in [6.45, 7) is 4.02. The van der Waals surface area contributed by atoms with Crippen molar-refractivity contribution in [2.45, 2.75) is 31.9 Å². The first-order valence-corrected chi connectivity index (χ1v) is 6.60. The molecule has 1 heterocycles. The molecular formula is C15H17NO3. The average Bonchev–Trinajstić information content (AvgIpc) is 2.82. The lowest BCUT2D eigenvalue weighted by Crippen LogP contribution is -2.32. The molecule has 1 aromatic carbocycles. The lowest BCUT2D eigenvalue weighted by Gasteiger charge is -2.27. The molecule has 100 valence electrons. The highest BCUT2D eigenvalue weighted by Gasteiger charge is 2.31. The first kappa shape index (κ1) is 12.1. The van der Waals surface area contributed by atoms with Crippen molar-refractivity contribution in [3.05, 3.63) is 35.9 Å². The third kappa shape index (κ3) is 2.30. The van der Waals surface area contributed by atoms with E-state index in [1.165, 1.54) is 5.57 Å². The highest BCUT2D eigenvalue weighted by atomic mass is 16.5. The predicted octanol–water partition coefficient (Wildman–Crippen LogP) is 3.26. The number of fused-ring (bicyclic) bond motifs is 1. The van der Waals surface area contributed by atoms with Crippen LogP contribution in [0.1, 0.15) is 36.0 Å². The minimum absolute atomic E-state index is 0.0351. The number of nitrogens with one attached hydrogen (secondary N) is 1. The maximum atomic E-state index is 10.9. The zero-order valence-electron chi connectivity index (χ0n) is 10.7. The van der Waals surface area contributed by atoms with E-state index in [1.807, 2.05) is 0 Å². The van der Waals surface area contributed by atoms with Gasteiger partial charge >= 0.3 is 5.97 Å². The average molecular weight is 259 g/mol. The van der Waals surface area contributed by atoms with Crippen LogP contribution in [0.3, 0.4) is 0 Å². The molecule has 4 heteroatoms. The van der Waals surface area contributed by atoms with Gasteiger partial charge in [-0.3, -0.25) is 0 Å². The second kappa shape index (κ2) is 4.61. The number of carbonyl (C=O) groups is 1. The minimum Gasteiger partial charge on any atom is -0.478 e. The zero-order chi connectivity index (χ0) is 13.4. The van der Waals surface area contributed by atoms with Gasteiger partial charge < -0.3 is 15.2 Å². The molecule has 4 nitrogen and oxygen atoms in total. The van der Waals surface area contributed by atoms with Gasteiger partial charge in [0.15, 0.2) is 6.23 Å². The first-order chi connectivity index (χ1) is 9.13. The molecule has 1 saturated carbocycles. The zero-order valence-corrected chi connectivity index (χ0v) is 10.7. The van der Waals surface area contributed by atoms with Crippen molar-refractivity contribution in [3.8, 4) is 5.75 Å². The first-order valence-electron chi connectivity index (χ1n) is 6.60. The third-order valence-corrected chi connectivity index (χ3v) is 3.95. The summed E-state index contributed by atoms with van der Waals surface area (Å²) in [5.41, 5.74) is 2.47. The standard InChI is InChI=1S/C15H17NO3/c1-9-2-4-10(5-3-9)14-16-12-7-6-11(15(17)18)8-13(12)19-14/h6-8,10,14,16H,1-5H2,(H,17,18). The Morgan fingerprint density at radius 1 is 1.37 bits per heavy atom. The number of rotatable bonds is 2. The Morgan fingerprint density at radius 2 is 2.11 bits per heavy atom. The second-order valence-corrected chi connectivity index (χ2v) is 5.29. The molecule has 3 rings (SSSR count). The van der Waals surface area contributed by atoms with Crippen LogP contribution in [0, 0.1) is 5.92 Å². The summed E-state index contributed by atoms with van der Waals surface area (Å²) in [6, 6.07) is 4.97. The lowest BCUT2D eigenvalue weighted by molar-refractivity contribution is 0.0696. The van der Waals surface area contributed by atoms with Crippen molar-refractivity contribution in [2.24, 2.45) is 5.92 Å². The van der Waals surface area contributed by atoms with Crippen LogP contribution in [-0.2, 0) is 0 Å². The van der Waals surface area contributed by atoms with Crippen LogP contribution in [0.15, 0.2) is 30.4 Å². The Hall–Kier alpha value is -1.97. The van der Waals surface area contributed by atoms with Crippen molar-refractivity contribution in [1.82, 2.24) is 0 Å². The summed E-state index contributed by atoms with van der Waals surface area (Å²) >= 11 is 0. The number of allylic oxidation sites excluding steroid dienone is 1. The lowest BCUT2D eigenvalue weighted by atomic mass is 9.85. The van der Waals surface area contributed by atoms with Gasteiger partial charge in [-0.2, -0.15) is 0 Å². The number of aromatic carboxylic acids is 1. The van der Waals surface area contributed by atoms with Crippen LogP contribution in [0.5, 0.6) is 5.75 Å². The largest absolute Gasteiger partial charge is 0.478 e. The Bertz CT molecular complexity index is 528. The molecule has 0 amide bonds. The maximum absolute atomic E-state index is 10.9. The number of carboxylic acid groups (broad SMARTS) is 1. The van der Waals surface area contributed by atoms with Crippen molar-refractivity contribution in [3.63, 3.8) is 0 Å². The molecule has 1 atom stereocenters. The highest BCUT2D eigenvalue weighted by molar-refractivity contribution is 5.89. The Labute approximate surface area is 112 Å². The van der Waals surface area contributed by atoms with E-state index in [-0.39, 0.29) is 11.8 Å². The number of anilines is 1. The van der Waals surface area contributed by atoms with E-state index in [2.05, 4.69) is 11.9 Å². The third-order valence-electron chi connectivity index (χ3n) is 3.95. The fraction of sp³-hybridized carbons (Fsp3) is 0.400. The second-order valence-electron chi connectivity index (χ2n) is 5.29. The summed E-state index contributed by atoms with van der Waals surface area (Å²) in [5.74, 6) is 0.185. The van der Waals surface area contributed by atoms with Crippen molar-refractivity contribution < 1.29 is 14.6 Å². The molecule has 0 aromatic heterocycles. The van der Waals surface area contributed by atoms with Gasteiger partial charge in [-0.15, -0.1) is 0 Å². The van der Waals surface area contributed by atoms with E-state index in [1.54, 1.807) is 18.2 Å². The summed E-state index contributed by atoms with van der Waals surface area (Å²) < 4.78 is 5.87. The summed E-state index contributed by atoms with van der Waals surface area (Å²) in [6.07, 6.45) is 4.24. The molecule has 0 spiro atoms. The monoisotopic (exact) mass is 259 g/mol. The van der Waals surface area contributed by atoms with E-state index < -0.39 is 5.97 Å². The summed E-state index contributed by atoms with van der Waals surface area (Å²) in [7, 11) is 0. The molecule has 1 unspecified atom stereocenters. The van der Waals surface area contributed by atoms with Crippen LogP contribution >= 0.6 is 0 Å². The minimum atomic E-state index is -0.927. The van der Waals surface area contributed by atoms with E-state index in [0.29, 0.717) is 11.7 Å². The van der Waals surface area contributed by atoms with E-state index in [4.69, 9.17) is 9.84 Å². The van der Waals surface area contributed by atoms with E-state index >= 15 is 0 Å². The number of ether oxygens (including phenoxy) is 1. The molecule has 2 N–H and O–H groups in total. The highest BCUT2D eigenvalue weighted by Crippen LogP contribution is 2.39. The molecule has 0 saturated heterocycles. The van der Waals surface area contributed by atoms with E-state index in [9.17, 15) is 4.79 Å². The Balaban J connectivity index is 1.73. The molecule has 1 aromatic rings. The quantitative estimate of drug-likeness (QED) is 0.800. The Kier molecular flexibility index (Phi) is 2.93. The van der Waals surface area contributed by atoms with Gasteiger partial charge in [0.05, 0.1) is 11.3 Å². The van der Waals surface area contributed by atoms with Crippen molar-refractivity contribution >= 4 is 11.7 Å². The molecule has 0 radical (unpaired) electrons. The van der Waals surface area contributed by atoms with Crippen LogP contribution < -0.4 is 10.1 Å². The number of hydrogen-bond acceptors (Lipinski definition) is 3. The van der Waals surface area contributed by atoms with Crippen molar-refractivity contribution in [2.75, 3.05) is 5.32 Å². The van der Waals surface area contributed by atoms with Crippen LogP contribution in [0.2, 0.25) is 0 Å². The van der Waals surface area contributed by atoms with Gasteiger partial charge in [0.1, 0.15) is 5.75 Å². The number of hydrogen-bond donors (Lipinski definition) is 2. The molecule has 1 aliphatic carbocycles.